The number of ether oxygens (including phenoxy) is 1. The Kier molecular flexibility index (Phi) is 2.88. The molecule has 0 aliphatic carbocycles. The molecule has 2 rings (SSSR count). The molecule has 3 heteroatoms. The number of halogens is 1. The maximum atomic E-state index is 5.67. The third-order valence-corrected chi connectivity index (χ3v) is 2.18. The predicted octanol–water partition coefficient (Wildman–Crippen LogP) is 3.84. The molecule has 0 N–H and O–H groups in total. The van der Waals surface area contributed by atoms with Gasteiger partial charge in [-0.25, -0.2) is 4.98 Å². The SMILES string of the molecule is Cc1ccc(Oc2ccc(Cl)nc2)cc1. The van der Waals surface area contributed by atoms with E-state index in [1.165, 1.54) is 5.56 Å². The van der Waals surface area contributed by atoms with Gasteiger partial charge in [0.05, 0.1) is 6.20 Å². The lowest BCUT2D eigenvalue weighted by Crippen LogP contribution is -1.85. The van der Waals surface area contributed by atoms with Gasteiger partial charge in [0, 0.05) is 0 Å². The molecule has 0 aliphatic heterocycles. The normalized spacial score (nSPS) is 10.0. The summed E-state index contributed by atoms with van der Waals surface area (Å²) in [5, 5.41) is 0.464. The van der Waals surface area contributed by atoms with E-state index in [9.17, 15) is 0 Å². The van der Waals surface area contributed by atoms with Crippen LogP contribution in [0.5, 0.6) is 11.5 Å². The predicted molar refractivity (Wildman–Crippen MR) is 60.5 cm³/mol. The summed E-state index contributed by atoms with van der Waals surface area (Å²) in [6.07, 6.45) is 1.60. The molecule has 0 bridgehead atoms. The first kappa shape index (κ1) is 9.99. The summed E-state index contributed by atoms with van der Waals surface area (Å²) in [6.45, 7) is 2.04. The molecule has 0 saturated heterocycles. The molecule has 0 aliphatic rings. The minimum Gasteiger partial charge on any atom is -0.456 e. The van der Waals surface area contributed by atoms with Crippen molar-refractivity contribution in [3.05, 3.63) is 53.3 Å². The summed E-state index contributed by atoms with van der Waals surface area (Å²) in [6, 6.07) is 11.3. The van der Waals surface area contributed by atoms with Crippen LogP contribution in [-0.2, 0) is 0 Å². The van der Waals surface area contributed by atoms with E-state index in [-0.39, 0.29) is 0 Å². The van der Waals surface area contributed by atoms with E-state index in [1.807, 2.05) is 31.2 Å². The van der Waals surface area contributed by atoms with Crippen LogP contribution in [-0.4, -0.2) is 4.98 Å². The van der Waals surface area contributed by atoms with E-state index >= 15 is 0 Å². The van der Waals surface area contributed by atoms with Crippen LogP contribution in [0.2, 0.25) is 5.15 Å². The van der Waals surface area contributed by atoms with Gasteiger partial charge < -0.3 is 4.74 Å². The van der Waals surface area contributed by atoms with Gasteiger partial charge >= 0.3 is 0 Å². The number of hydrogen-bond acceptors (Lipinski definition) is 2. The minimum absolute atomic E-state index is 0.464. The lowest BCUT2D eigenvalue weighted by atomic mass is 10.2. The lowest BCUT2D eigenvalue weighted by Gasteiger charge is -2.04. The van der Waals surface area contributed by atoms with Gasteiger partial charge in [-0.2, -0.15) is 0 Å². The molecule has 0 amide bonds. The van der Waals surface area contributed by atoms with Crippen LogP contribution >= 0.6 is 11.6 Å². The Bertz CT molecular complexity index is 393. The molecular weight excluding hydrogens is 210 g/mol. The highest BCUT2D eigenvalue weighted by Crippen LogP contribution is 2.21. The van der Waals surface area contributed by atoms with Crippen LogP contribution in [0.25, 0.3) is 0 Å². The average molecular weight is 220 g/mol. The van der Waals surface area contributed by atoms with Gasteiger partial charge in [-0.1, -0.05) is 29.3 Å². The first-order valence-electron chi connectivity index (χ1n) is 4.60. The van der Waals surface area contributed by atoms with E-state index in [0.29, 0.717) is 10.9 Å². The van der Waals surface area contributed by atoms with E-state index < -0.39 is 0 Å². The van der Waals surface area contributed by atoms with Gasteiger partial charge in [0.25, 0.3) is 0 Å². The molecule has 1 aromatic carbocycles. The largest absolute Gasteiger partial charge is 0.456 e. The second kappa shape index (κ2) is 4.32. The maximum Gasteiger partial charge on any atom is 0.145 e. The van der Waals surface area contributed by atoms with Crippen molar-refractivity contribution in [1.82, 2.24) is 4.98 Å². The number of nitrogens with zero attached hydrogens (tertiary/aromatic N) is 1. The van der Waals surface area contributed by atoms with Crippen molar-refractivity contribution < 1.29 is 4.74 Å². The minimum atomic E-state index is 0.464. The molecule has 2 aromatic rings. The molecule has 0 fully saturated rings. The molecule has 1 aromatic heterocycles. The molecule has 1 heterocycles. The Morgan fingerprint density at radius 1 is 1.00 bits per heavy atom. The summed E-state index contributed by atoms with van der Waals surface area (Å²) in [5.74, 6) is 1.48. The summed E-state index contributed by atoms with van der Waals surface area (Å²) in [5.41, 5.74) is 1.21. The number of aryl methyl sites for hydroxylation is 1. The zero-order valence-corrected chi connectivity index (χ0v) is 9.03. The third kappa shape index (κ3) is 2.70. The highest BCUT2D eigenvalue weighted by atomic mass is 35.5. The fourth-order valence-corrected chi connectivity index (χ4v) is 1.28. The van der Waals surface area contributed by atoms with E-state index in [4.69, 9.17) is 16.3 Å². The van der Waals surface area contributed by atoms with Crippen LogP contribution in [0.1, 0.15) is 5.56 Å². The Balaban J connectivity index is 2.15. The van der Waals surface area contributed by atoms with E-state index in [1.54, 1.807) is 18.3 Å². The Morgan fingerprint density at radius 2 is 1.67 bits per heavy atom. The van der Waals surface area contributed by atoms with Crippen molar-refractivity contribution in [2.45, 2.75) is 6.92 Å². The van der Waals surface area contributed by atoms with Gasteiger partial charge in [0.1, 0.15) is 16.7 Å². The van der Waals surface area contributed by atoms with Crippen LogP contribution in [0, 0.1) is 6.92 Å². The Labute approximate surface area is 93.5 Å². The molecule has 15 heavy (non-hydrogen) atoms. The quantitative estimate of drug-likeness (QED) is 0.716. The first-order chi connectivity index (χ1) is 7.24. The number of benzene rings is 1. The fraction of sp³-hybridized carbons (Fsp3) is 0.0833. The summed E-state index contributed by atoms with van der Waals surface area (Å²) in [7, 11) is 0. The standard InChI is InChI=1S/C12H10ClNO/c1-9-2-4-10(5-3-9)15-11-6-7-12(13)14-8-11/h2-8H,1H3. The third-order valence-electron chi connectivity index (χ3n) is 1.96. The fourth-order valence-electron chi connectivity index (χ4n) is 1.17. The van der Waals surface area contributed by atoms with Gasteiger partial charge in [-0.15, -0.1) is 0 Å². The second-order valence-corrected chi connectivity index (χ2v) is 3.62. The first-order valence-corrected chi connectivity index (χ1v) is 4.98. The number of aromatic nitrogens is 1. The molecule has 76 valence electrons. The van der Waals surface area contributed by atoms with Crippen molar-refractivity contribution in [3.8, 4) is 11.5 Å². The summed E-state index contributed by atoms with van der Waals surface area (Å²) in [4.78, 5) is 3.93. The van der Waals surface area contributed by atoms with Crippen LogP contribution in [0.15, 0.2) is 42.6 Å². The summed E-state index contributed by atoms with van der Waals surface area (Å²) < 4.78 is 5.57. The van der Waals surface area contributed by atoms with Crippen molar-refractivity contribution in [1.29, 1.82) is 0 Å². The van der Waals surface area contributed by atoms with Gasteiger partial charge in [0.15, 0.2) is 0 Å². The molecule has 0 atom stereocenters. The molecule has 0 saturated carbocycles. The van der Waals surface area contributed by atoms with Crippen molar-refractivity contribution in [2.75, 3.05) is 0 Å². The smallest absolute Gasteiger partial charge is 0.145 e. The Hall–Kier alpha value is -1.54. The molecule has 2 nitrogen and oxygen atoms in total. The molecule has 0 unspecified atom stereocenters. The monoisotopic (exact) mass is 219 g/mol. The van der Waals surface area contributed by atoms with Crippen LogP contribution in [0.4, 0.5) is 0 Å². The van der Waals surface area contributed by atoms with Crippen molar-refractivity contribution >= 4 is 11.6 Å². The van der Waals surface area contributed by atoms with E-state index in [2.05, 4.69) is 4.98 Å². The topological polar surface area (TPSA) is 22.1 Å². The van der Waals surface area contributed by atoms with Crippen LogP contribution in [0.3, 0.4) is 0 Å². The van der Waals surface area contributed by atoms with E-state index in [0.717, 1.165) is 5.75 Å². The van der Waals surface area contributed by atoms with Crippen LogP contribution < -0.4 is 4.74 Å². The Morgan fingerprint density at radius 3 is 2.27 bits per heavy atom. The number of rotatable bonds is 2. The van der Waals surface area contributed by atoms with Crippen molar-refractivity contribution in [3.63, 3.8) is 0 Å². The lowest BCUT2D eigenvalue weighted by molar-refractivity contribution is 0.480. The second-order valence-electron chi connectivity index (χ2n) is 3.23. The maximum absolute atomic E-state index is 5.67. The van der Waals surface area contributed by atoms with Gasteiger partial charge in [0.2, 0.25) is 0 Å². The zero-order valence-electron chi connectivity index (χ0n) is 8.27. The number of pyridine rings is 1. The highest BCUT2D eigenvalue weighted by molar-refractivity contribution is 6.29. The molecular formula is C12H10ClNO. The molecule has 0 radical (unpaired) electrons. The summed E-state index contributed by atoms with van der Waals surface area (Å²) >= 11 is 5.67. The van der Waals surface area contributed by atoms with Gasteiger partial charge in [-0.05, 0) is 31.2 Å². The highest BCUT2D eigenvalue weighted by Gasteiger charge is 1.97. The van der Waals surface area contributed by atoms with Crippen molar-refractivity contribution in [2.24, 2.45) is 0 Å². The average Bonchev–Trinajstić information content (AvgIpc) is 2.25. The number of hydrogen-bond donors (Lipinski definition) is 0. The van der Waals surface area contributed by atoms with Gasteiger partial charge in [-0.3, -0.25) is 0 Å². The molecule has 0 spiro atoms. The zero-order chi connectivity index (χ0) is 10.7.